The second-order valence-electron chi connectivity index (χ2n) is 7.16. The number of hydrogen-bond donors (Lipinski definition) is 2. The van der Waals surface area contributed by atoms with Crippen LogP contribution in [0.1, 0.15) is 12.8 Å². The highest BCUT2D eigenvalue weighted by Crippen LogP contribution is 2.35. The number of sulfone groups is 1. The predicted molar refractivity (Wildman–Crippen MR) is 113 cm³/mol. The van der Waals surface area contributed by atoms with Crippen molar-refractivity contribution in [3.63, 3.8) is 0 Å². The Kier molecular flexibility index (Phi) is 6.24. The lowest BCUT2D eigenvalue weighted by atomic mass is 10.1. The molecule has 0 atom stereocenters. The maximum atomic E-state index is 11.8. The Morgan fingerprint density at radius 3 is 2.39 bits per heavy atom. The first-order valence-corrected chi connectivity index (χ1v) is 11.2. The number of benzene rings is 1. The van der Waals surface area contributed by atoms with Crippen molar-refractivity contribution in [2.45, 2.75) is 23.8 Å². The molecule has 13 heteroatoms. The molecular formula is C18H22N6O6S. The van der Waals surface area contributed by atoms with Gasteiger partial charge in [-0.15, -0.1) is 0 Å². The third-order valence-electron chi connectivity index (χ3n) is 5.06. The molecule has 0 saturated carbocycles. The number of piperidine rings is 1. The van der Waals surface area contributed by atoms with Gasteiger partial charge in [0, 0.05) is 38.1 Å². The van der Waals surface area contributed by atoms with Crippen LogP contribution in [-0.2, 0) is 9.84 Å². The number of hydrogen-bond acceptors (Lipinski definition) is 9. The van der Waals surface area contributed by atoms with E-state index in [1.807, 2.05) is 0 Å². The molecule has 1 amide bonds. The number of nitrogens with one attached hydrogen (secondary N) is 1. The zero-order valence-corrected chi connectivity index (χ0v) is 17.7. The molecule has 0 spiro atoms. The van der Waals surface area contributed by atoms with Crippen molar-refractivity contribution in [3.8, 4) is 0 Å². The van der Waals surface area contributed by atoms with Crippen LogP contribution >= 0.6 is 0 Å². The normalized spacial score (nSPS) is 14.8. The molecule has 0 bridgehead atoms. The van der Waals surface area contributed by atoms with E-state index >= 15 is 0 Å². The van der Waals surface area contributed by atoms with E-state index in [1.165, 1.54) is 40.4 Å². The molecule has 31 heavy (non-hydrogen) atoms. The molecule has 2 aromatic rings. The summed E-state index contributed by atoms with van der Waals surface area (Å²) in [5.41, 5.74) is 0.188. The maximum Gasteiger partial charge on any atom is 0.407 e. The third kappa shape index (κ3) is 4.99. The average molecular weight is 450 g/mol. The molecule has 2 N–H and O–H groups in total. The molecule has 166 valence electrons. The second-order valence-corrected chi connectivity index (χ2v) is 9.18. The number of nitrogens with zero attached hydrogens (tertiary/aromatic N) is 5. The largest absolute Gasteiger partial charge is 0.465 e. The van der Waals surface area contributed by atoms with Gasteiger partial charge in [-0.25, -0.2) is 23.2 Å². The Labute approximate surface area is 178 Å². The van der Waals surface area contributed by atoms with Gasteiger partial charge < -0.3 is 20.2 Å². The number of aromatic nitrogens is 2. The predicted octanol–water partition coefficient (Wildman–Crippen LogP) is 2.11. The first-order valence-electron chi connectivity index (χ1n) is 9.35. The van der Waals surface area contributed by atoms with Gasteiger partial charge in [-0.1, -0.05) is 0 Å². The molecular weight excluding hydrogens is 428 g/mol. The van der Waals surface area contributed by atoms with Gasteiger partial charge in [0.2, 0.25) is 11.6 Å². The Morgan fingerprint density at radius 1 is 1.26 bits per heavy atom. The molecule has 0 radical (unpaired) electrons. The number of amides is 1. The molecule has 0 unspecified atom stereocenters. The van der Waals surface area contributed by atoms with Crippen molar-refractivity contribution in [1.29, 1.82) is 0 Å². The number of nitro groups is 1. The number of rotatable bonds is 6. The topological polar surface area (TPSA) is 159 Å². The Morgan fingerprint density at radius 2 is 1.87 bits per heavy atom. The maximum absolute atomic E-state index is 11.8. The van der Waals surface area contributed by atoms with Crippen molar-refractivity contribution >= 4 is 38.9 Å². The minimum atomic E-state index is -3.37. The van der Waals surface area contributed by atoms with Gasteiger partial charge >= 0.3 is 11.8 Å². The molecule has 1 aliphatic rings. The zero-order chi connectivity index (χ0) is 22.8. The number of likely N-dealkylation sites (tertiary alicyclic amines) is 1. The van der Waals surface area contributed by atoms with Crippen LogP contribution in [0.3, 0.4) is 0 Å². The Bertz CT molecular complexity index is 1080. The van der Waals surface area contributed by atoms with E-state index in [0.717, 1.165) is 6.26 Å². The summed E-state index contributed by atoms with van der Waals surface area (Å²) in [6, 6.07) is 5.75. The summed E-state index contributed by atoms with van der Waals surface area (Å²) in [5, 5.41) is 23.9. The SMILES string of the molecule is CN(c1ccc(S(C)(=O)=O)cc1)c1ncnc(NC2CCN(C(=O)O)CC2)c1[N+](=O)[O-]. The summed E-state index contributed by atoms with van der Waals surface area (Å²) in [6.07, 6.45) is 2.30. The number of carboxylic acid groups (broad SMARTS) is 1. The van der Waals surface area contributed by atoms with E-state index in [4.69, 9.17) is 5.11 Å². The minimum Gasteiger partial charge on any atom is -0.465 e. The van der Waals surface area contributed by atoms with E-state index in [9.17, 15) is 23.3 Å². The van der Waals surface area contributed by atoms with Gasteiger partial charge in [0.1, 0.15) is 6.33 Å². The van der Waals surface area contributed by atoms with E-state index in [0.29, 0.717) is 31.6 Å². The Balaban J connectivity index is 1.86. The summed E-state index contributed by atoms with van der Waals surface area (Å²) in [7, 11) is -1.78. The molecule has 1 aromatic heterocycles. The quantitative estimate of drug-likeness (QED) is 0.493. The van der Waals surface area contributed by atoms with Crippen LogP contribution in [0, 0.1) is 10.1 Å². The van der Waals surface area contributed by atoms with Gasteiger partial charge in [0.25, 0.3) is 0 Å². The molecule has 3 rings (SSSR count). The van der Waals surface area contributed by atoms with Gasteiger partial charge in [0.15, 0.2) is 9.84 Å². The summed E-state index contributed by atoms with van der Waals surface area (Å²) in [6.45, 7) is 0.649. The minimum absolute atomic E-state index is 0.0394. The molecule has 1 aromatic carbocycles. The highest BCUT2D eigenvalue weighted by Gasteiger charge is 2.29. The summed E-state index contributed by atoms with van der Waals surface area (Å²) < 4.78 is 23.3. The highest BCUT2D eigenvalue weighted by molar-refractivity contribution is 7.90. The lowest BCUT2D eigenvalue weighted by Gasteiger charge is -2.30. The van der Waals surface area contributed by atoms with E-state index in [-0.39, 0.29) is 28.3 Å². The lowest BCUT2D eigenvalue weighted by Crippen LogP contribution is -2.41. The fourth-order valence-corrected chi connectivity index (χ4v) is 3.97. The molecule has 2 heterocycles. The van der Waals surface area contributed by atoms with Gasteiger partial charge in [-0.3, -0.25) is 10.1 Å². The average Bonchev–Trinajstić information content (AvgIpc) is 2.72. The van der Waals surface area contributed by atoms with Crippen molar-refractivity contribution in [1.82, 2.24) is 14.9 Å². The van der Waals surface area contributed by atoms with Gasteiger partial charge in [0.05, 0.1) is 9.82 Å². The third-order valence-corrected chi connectivity index (χ3v) is 6.19. The molecule has 1 saturated heterocycles. The highest BCUT2D eigenvalue weighted by atomic mass is 32.2. The molecule has 1 fully saturated rings. The first kappa shape index (κ1) is 22.2. The van der Waals surface area contributed by atoms with Gasteiger partial charge in [-0.2, -0.15) is 0 Å². The van der Waals surface area contributed by atoms with Crippen molar-refractivity contribution in [2.75, 3.05) is 36.6 Å². The fraction of sp³-hybridized carbons (Fsp3) is 0.389. The Hall–Kier alpha value is -3.48. The van der Waals surface area contributed by atoms with Crippen molar-refractivity contribution in [3.05, 3.63) is 40.7 Å². The van der Waals surface area contributed by atoms with Gasteiger partial charge in [-0.05, 0) is 37.1 Å². The van der Waals surface area contributed by atoms with Crippen molar-refractivity contribution < 1.29 is 23.2 Å². The van der Waals surface area contributed by atoms with Crippen LogP contribution in [0.5, 0.6) is 0 Å². The van der Waals surface area contributed by atoms with Crippen LogP contribution in [0.25, 0.3) is 0 Å². The molecule has 12 nitrogen and oxygen atoms in total. The smallest absolute Gasteiger partial charge is 0.407 e. The summed E-state index contributed by atoms with van der Waals surface area (Å²) in [5.74, 6) is 0.0842. The lowest BCUT2D eigenvalue weighted by molar-refractivity contribution is -0.383. The number of carbonyl (C=O) groups is 1. The van der Waals surface area contributed by atoms with Crippen molar-refractivity contribution in [2.24, 2.45) is 0 Å². The molecule has 0 aliphatic carbocycles. The molecule has 1 aliphatic heterocycles. The fourth-order valence-electron chi connectivity index (χ4n) is 3.34. The van der Waals surface area contributed by atoms with Crippen LogP contribution in [0.2, 0.25) is 0 Å². The van der Waals surface area contributed by atoms with E-state index < -0.39 is 20.9 Å². The van der Waals surface area contributed by atoms with Crippen LogP contribution < -0.4 is 10.2 Å². The number of anilines is 3. The monoisotopic (exact) mass is 450 g/mol. The van der Waals surface area contributed by atoms with Crippen LogP contribution in [0.15, 0.2) is 35.5 Å². The summed E-state index contributed by atoms with van der Waals surface area (Å²) >= 11 is 0. The van der Waals surface area contributed by atoms with Crippen LogP contribution in [-0.4, -0.2) is 71.8 Å². The van der Waals surface area contributed by atoms with E-state index in [2.05, 4.69) is 15.3 Å². The van der Waals surface area contributed by atoms with Crippen LogP contribution in [0.4, 0.5) is 27.8 Å². The second kappa shape index (κ2) is 8.71. The first-order chi connectivity index (χ1) is 14.6. The van der Waals surface area contributed by atoms with E-state index in [1.54, 1.807) is 7.05 Å². The standard InChI is InChI=1S/C18H22N6O6S/c1-22(13-3-5-14(6-4-13)31(2,29)30)17-15(24(27)28)16(19-11-20-17)21-12-7-9-23(10-8-12)18(25)26/h3-6,11-12H,7-10H2,1-2H3,(H,25,26)(H,19,20,21). The summed E-state index contributed by atoms with van der Waals surface area (Å²) in [4.78, 5) is 33.3. The zero-order valence-electron chi connectivity index (χ0n) is 16.9.